The van der Waals surface area contributed by atoms with Crippen molar-refractivity contribution in [3.63, 3.8) is 0 Å². The van der Waals surface area contributed by atoms with Crippen molar-refractivity contribution in [3.8, 4) is 0 Å². The van der Waals surface area contributed by atoms with Crippen molar-refractivity contribution in [2.45, 2.75) is 51.4 Å². The minimum absolute atomic E-state index is 0.157. The molecule has 0 aromatic carbocycles. The fourth-order valence-corrected chi connectivity index (χ4v) is 3.56. The lowest BCUT2D eigenvalue weighted by Gasteiger charge is -2.19. The van der Waals surface area contributed by atoms with Crippen LogP contribution in [0.3, 0.4) is 0 Å². The third kappa shape index (κ3) is 7.09. The van der Waals surface area contributed by atoms with Crippen LogP contribution in [0, 0.1) is 0 Å². The zero-order valence-electron chi connectivity index (χ0n) is 13.0. The second kappa shape index (κ2) is 9.96. The van der Waals surface area contributed by atoms with Crippen LogP contribution in [0.25, 0.3) is 0 Å². The standard InChI is InChI=1S/C17H28N2OS/c20-17(15-16-9-8-14-21-16)18-10-4-3-7-13-19-11-5-1-2-6-12-19/h8-9,14H,1-7,10-13,15H2,(H,18,20). The van der Waals surface area contributed by atoms with E-state index in [-0.39, 0.29) is 5.91 Å². The third-order valence-electron chi connectivity index (χ3n) is 4.09. The summed E-state index contributed by atoms with van der Waals surface area (Å²) in [6, 6.07) is 4.02. The topological polar surface area (TPSA) is 32.3 Å². The monoisotopic (exact) mass is 308 g/mol. The number of carbonyl (C=O) groups is 1. The van der Waals surface area contributed by atoms with Gasteiger partial charge < -0.3 is 10.2 Å². The number of rotatable bonds is 8. The molecule has 2 rings (SSSR count). The molecule has 0 spiro atoms. The van der Waals surface area contributed by atoms with E-state index in [9.17, 15) is 4.79 Å². The Kier molecular flexibility index (Phi) is 7.82. The van der Waals surface area contributed by atoms with Crippen LogP contribution in [0.2, 0.25) is 0 Å². The van der Waals surface area contributed by atoms with Gasteiger partial charge >= 0.3 is 0 Å². The van der Waals surface area contributed by atoms with Gasteiger partial charge in [-0.3, -0.25) is 4.79 Å². The van der Waals surface area contributed by atoms with Crippen LogP contribution in [0.5, 0.6) is 0 Å². The third-order valence-corrected chi connectivity index (χ3v) is 4.96. The van der Waals surface area contributed by atoms with Crippen LogP contribution in [-0.4, -0.2) is 37.0 Å². The van der Waals surface area contributed by atoms with Crippen LogP contribution in [-0.2, 0) is 11.2 Å². The van der Waals surface area contributed by atoms with E-state index in [1.807, 2.05) is 17.5 Å². The zero-order chi connectivity index (χ0) is 14.8. The Morgan fingerprint density at radius 3 is 2.67 bits per heavy atom. The first-order valence-electron chi connectivity index (χ1n) is 8.36. The highest BCUT2D eigenvalue weighted by atomic mass is 32.1. The average molecular weight is 308 g/mol. The van der Waals surface area contributed by atoms with Crippen molar-refractivity contribution in [2.24, 2.45) is 0 Å². The Morgan fingerprint density at radius 2 is 1.95 bits per heavy atom. The van der Waals surface area contributed by atoms with Crippen LogP contribution in [0.4, 0.5) is 0 Å². The zero-order valence-corrected chi connectivity index (χ0v) is 13.8. The fourth-order valence-electron chi connectivity index (χ4n) is 2.86. The van der Waals surface area contributed by atoms with Gasteiger partial charge in [-0.2, -0.15) is 0 Å². The number of hydrogen-bond acceptors (Lipinski definition) is 3. The second-order valence-corrected chi connectivity index (χ2v) is 6.95. The summed E-state index contributed by atoms with van der Waals surface area (Å²) < 4.78 is 0. The Morgan fingerprint density at radius 1 is 1.14 bits per heavy atom. The molecule has 21 heavy (non-hydrogen) atoms. The fraction of sp³-hybridized carbons (Fsp3) is 0.706. The highest BCUT2D eigenvalue weighted by Gasteiger charge is 2.08. The molecule has 1 amide bonds. The average Bonchev–Trinajstić information content (AvgIpc) is 2.84. The lowest BCUT2D eigenvalue weighted by atomic mass is 10.2. The van der Waals surface area contributed by atoms with E-state index < -0.39 is 0 Å². The molecule has 3 nitrogen and oxygen atoms in total. The molecule has 1 aliphatic rings. The summed E-state index contributed by atoms with van der Waals surface area (Å²) in [7, 11) is 0. The van der Waals surface area contributed by atoms with Gasteiger partial charge in [-0.15, -0.1) is 11.3 Å². The van der Waals surface area contributed by atoms with E-state index in [4.69, 9.17) is 0 Å². The van der Waals surface area contributed by atoms with Gasteiger partial charge in [0.25, 0.3) is 0 Å². The lowest BCUT2D eigenvalue weighted by molar-refractivity contribution is -0.120. The van der Waals surface area contributed by atoms with Crippen LogP contribution in [0.1, 0.15) is 49.8 Å². The maximum absolute atomic E-state index is 11.7. The molecule has 0 unspecified atom stereocenters. The van der Waals surface area contributed by atoms with E-state index in [1.54, 1.807) is 11.3 Å². The van der Waals surface area contributed by atoms with Crippen molar-refractivity contribution in [2.75, 3.05) is 26.2 Å². The number of nitrogens with zero attached hydrogens (tertiary/aromatic N) is 1. The molecular formula is C17H28N2OS. The minimum atomic E-state index is 0.157. The first-order chi connectivity index (χ1) is 10.3. The van der Waals surface area contributed by atoms with Crippen molar-refractivity contribution in [1.82, 2.24) is 10.2 Å². The molecule has 0 aliphatic carbocycles. The van der Waals surface area contributed by atoms with Gasteiger partial charge in [-0.25, -0.2) is 0 Å². The molecule has 0 saturated carbocycles. The molecule has 0 atom stereocenters. The van der Waals surface area contributed by atoms with Gasteiger partial charge in [0.05, 0.1) is 6.42 Å². The summed E-state index contributed by atoms with van der Waals surface area (Å²) in [5.74, 6) is 0.157. The SMILES string of the molecule is O=C(Cc1cccs1)NCCCCCN1CCCCCC1. The van der Waals surface area contributed by atoms with Crippen LogP contribution < -0.4 is 5.32 Å². The summed E-state index contributed by atoms with van der Waals surface area (Å²) in [4.78, 5) is 15.5. The summed E-state index contributed by atoms with van der Waals surface area (Å²) >= 11 is 1.65. The van der Waals surface area contributed by atoms with Crippen LogP contribution in [0.15, 0.2) is 17.5 Å². The van der Waals surface area contributed by atoms with E-state index in [2.05, 4.69) is 10.2 Å². The van der Waals surface area contributed by atoms with Crippen molar-refractivity contribution in [1.29, 1.82) is 0 Å². The first kappa shape index (κ1) is 16.5. The maximum atomic E-state index is 11.7. The molecule has 1 N–H and O–H groups in total. The van der Waals surface area contributed by atoms with Crippen molar-refractivity contribution < 1.29 is 4.79 Å². The largest absolute Gasteiger partial charge is 0.356 e. The van der Waals surface area contributed by atoms with E-state index in [0.717, 1.165) is 17.8 Å². The number of hydrogen-bond donors (Lipinski definition) is 1. The minimum Gasteiger partial charge on any atom is -0.356 e. The predicted octanol–water partition coefficient (Wildman–Crippen LogP) is 3.45. The molecule has 1 aromatic rings. The quantitative estimate of drug-likeness (QED) is 0.746. The molecule has 2 heterocycles. The number of unbranched alkanes of at least 4 members (excludes halogenated alkanes) is 2. The number of nitrogens with one attached hydrogen (secondary N) is 1. The summed E-state index contributed by atoms with van der Waals surface area (Å²) in [6.07, 6.45) is 9.68. The first-order valence-corrected chi connectivity index (χ1v) is 9.24. The Bertz CT molecular complexity index is 384. The molecular weight excluding hydrogens is 280 g/mol. The smallest absolute Gasteiger partial charge is 0.225 e. The van der Waals surface area contributed by atoms with Crippen molar-refractivity contribution in [3.05, 3.63) is 22.4 Å². The van der Waals surface area contributed by atoms with Crippen molar-refractivity contribution >= 4 is 17.2 Å². The van der Waals surface area contributed by atoms with E-state index in [1.165, 1.54) is 58.2 Å². The normalized spacial score (nSPS) is 16.6. The van der Waals surface area contributed by atoms with Gasteiger partial charge in [0, 0.05) is 11.4 Å². The number of carbonyl (C=O) groups excluding carboxylic acids is 1. The molecule has 118 valence electrons. The summed E-state index contributed by atoms with van der Waals surface area (Å²) in [5, 5.41) is 5.04. The number of likely N-dealkylation sites (tertiary alicyclic amines) is 1. The van der Waals surface area contributed by atoms with Gasteiger partial charge in [-0.05, 0) is 56.8 Å². The highest BCUT2D eigenvalue weighted by molar-refractivity contribution is 7.10. The second-order valence-electron chi connectivity index (χ2n) is 5.92. The van der Waals surface area contributed by atoms with E-state index in [0.29, 0.717) is 6.42 Å². The van der Waals surface area contributed by atoms with Gasteiger partial charge in [0.15, 0.2) is 0 Å². The molecule has 0 bridgehead atoms. The Hall–Kier alpha value is -0.870. The predicted molar refractivity (Wildman–Crippen MR) is 89.8 cm³/mol. The number of amides is 1. The van der Waals surface area contributed by atoms with Gasteiger partial charge in [-0.1, -0.05) is 25.3 Å². The molecule has 0 radical (unpaired) electrons. The molecule has 4 heteroatoms. The highest BCUT2D eigenvalue weighted by Crippen LogP contribution is 2.11. The van der Waals surface area contributed by atoms with Crippen LogP contribution >= 0.6 is 11.3 Å². The summed E-state index contributed by atoms with van der Waals surface area (Å²) in [6.45, 7) is 4.64. The molecule has 1 fully saturated rings. The molecule has 1 aliphatic heterocycles. The maximum Gasteiger partial charge on any atom is 0.225 e. The Labute approximate surface area is 132 Å². The van der Waals surface area contributed by atoms with E-state index >= 15 is 0 Å². The van der Waals surface area contributed by atoms with Gasteiger partial charge in [0.1, 0.15) is 0 Å². The molecule has 1 aromatic heterocycles. The lowest BCUT2D eigenvalue weighted by Crippen LogP contribution is -2.27. The summed E-state index contributed by atoms with van der Waals surface area (Å²) in [5.41, 5.74) is 0. The van der Waals surface area contributed by atoms with Gasteiger partial charge in [0.2, 0.25) is 5.91 Å². The molecule has 1 saturated heterocycles. The Balaban J connectivity index is 1.45. The number of thiophene rings is 1.